The van der Waals surface area contributed by atoms with Gasteiger partial charge in [0.05, 0.1) is 0 Å². The van der Waals surface area contributed by atoms with Crippen LogP contribution in [0.5, 0.6) is 0 Å². The van der Waals surface area contributed by atoms with E-state index in [4.69, 9.17) is 29.9 Å². The van der Waals surface area contributed by atoms with Crippen LogP contribution in [0.25, 0.3) is 168 Å². The third-order valence-electron chi connectivity index (χ3n) is 17.1. The first kappa shape index (κ1) is 54.8. The van der Waals surface area contributed by atoms with Gasteiger partial charge < -0.3 is 0 Å². The normalized spacial score (nSPS) is 11.3. The standard InChI is InChI=1S/C84H54N8/c1-4-14-65(15-5-1)79-87-80(66-16-6-2-7-17-66)89-83(88-79)69-41-30-61(31-42-69)75-47-45-62-32-43-71(53-76(62)78(75)64-33-22-55(23-34-64)58-48-51-85-52-49-58)56-26-37-68(38-27-56)82-90-81(67-18-8-3-9-19-67)91-84(92-82)70-39-28-60(29-40-70)74-46-44-59-13-10-11-21-73(59)77(74)63-35-24-57(25-36-63)72-20-12-50-86-54-72/h1-54H. The third-order valence-corrected chi connectivity index (χ3v) is 17.1. The van der Waals surface area contributed by atoms with E-state index in [9.17, 15) is 0 Å². The molecule has 0 bridgehead atoms. The molecular weight excluding hydrogens is 1120 g/mol. The fraction of sp³-hybridized carbons (Fsp3) is 0. The molecule has 0 amide bonds. The first-order valence-electron chi connectivity index (χ1n) is 30.7. The first-order chi connectivity index (χ1) is 45.6. The van der Waals surface area contributed by atoms with Gasteiger partial charge in [-0.05, 0) is 124 Å². The molecule has 0 spiro atoms. The maximum absolute atomic E-state index is 5.21. The van der Waals surface area contributed by atoms with Crippen molar-refractivity contribution in [1.29, 1.82) is 0 Å². The van der Waals surface area contributed by atoms with Gasteiger partial charge in [0.15, 0.2) is 34.9 Å². The Morgan fingerprint density at radius 3 is 0.935 bits per heavy atom. The summed E-state index contributed by atoms with van der Waals surface area (Å²) in [7, 11) is 0. The van der Waals surface area contributed by atoms with E-state index < -0.39 is 0 Å². The first-order valence-corrected chi connectivity index (χ1v) is 30.7. The molecule has 16 aromatic rings. The van der Waals surface area contributed by atoms with Crippen molar-refractivity contribution in [2.45, 2.75) is 0 Å². The van der Waals surface area contributed by atoms with E-state index >= 15 is 0 Å². The molecule has 0 atom stereocenters. The predicted molar refractivity (Wildman–Crippen MR) is 374 cm³/mol. The molecular formula is C84H54N8. The molecule has 92 heavy (non-hydrogen) atoms. The van der Waals surface area contributed by atoms with Gasteiger partial charge in [-0.3, -0.25) is 9.97 Å². The average Bonchev–Trinajstić information content (AvgIpc) is 0.893. The van der Waals surface area contributed by atoms with E-state index in [1.807, 2.05) is 128 Å². The van der Waals surface area contributed by atoms with Gasteiger partial charge in [-0.2, -0.15) is 0 Å². The average molecular weight is 1180 g/mol. The lowest BCUT2D eigenvalue weighted by molar-refractivity contribution is 1.07. The highest BCUT2D eigenvalue weighted by atomic mass is 15.0. The van der Waals surface area contributed by atoms with Crippen LogP contribution in [0.1, 0.15) is 0 Å². The SMILES string of the molecule is c1ccc(-c2nc(-c3ccc(-c4ccc5ccc(-c6ccc(-c7nc(-c8ccccc8)nc(-c8ccccc8)n7)cc6)c(-c6ccc(-c7ccncc7)cc6)c5c4)cc3)nc(-c3ccc(-c4ccc5ccccc5c4-c4ccc(-c5cccnc5)cc4)cc3)n2)cc1. The second-order valence-corrected chi connectivity index (χ2v) is 22.7. The minimum Gasteiger partial charge on any atom is -0.265 e. The molecule has 12 aromatic carbocycles. The van der Waals surface area contributed by atoms with Crippen molar-refractivity contribution in [2.75, 3.05) is 0 Å². The zero-order valence-electron chi connectivity index (χ0n) is 49.8. The van der Waals surface area contributed by atoms with Crippen LogP contribution in [-0.4, -0.2) is 39.9 Å². The lowest BCUT2D eigenvalue weighted by Gasteiger charge is -2.16. The quantitative estimate of drug-likeness (QED) is 0.112. The Hall–Kier alpha value is -12.5. The highest BCUT2D eigenvalue weighted by molar-refractivity contribution is 6.07. The Kier molecular flexibility index (Phi) is 14.4. The van der Waals surface area contributed by atoms with Gasteiger partial charge in [0.2, 0.25) is 0 Å². The van der Waals surface area contributed by atoms with Crippen molar-refractivity contribution >= 4 is 21.5 Å². The monoisotopic (exact) mass is 1170 g/mol. The summed E-state index contributed by atoms with van der Waals surface area (Å²) in [6, 6.07) is 106. The van der Waals surface area contributed by atoms with Crippen LogP contribution in [0.15, 0.2) is 328 Å². The molecule has 0 saturated heterocycles. The van der Waals surface area contributed by atoms with Crippen LogP contribution in [0, 0.1) is 0 Å². The second-order valence-electron chi connectivity index (χ2n) is 22.7. The number of benzene rings is 12. The van der Waals surface area contributed by atoms with Gasteiger partial charge in [0, 0.05) is 58.2 Å². The number of rotatable bonds is 13. The predicted octanol–water partition coefficient (Wildman–Crippen LogP) is 20.8. The van der Waals surface area contributed by atoms with E-state index in [1.165, 1.54) is 16.3 Å². The number of aromatic nitrogens is 8. The summed E-state index contributed by atoms with van der Waals surface area (Å²) >= 11 is 0. The van der Waals surface area contributed by atoms with Crippen LogP contribution in [-0.2, 0) is 0 Å². The highest BCUT2D eigenvalue weighted by Crippen LogP contribution is 2.43. The minimum atomic E-state index is 0.589. The van der Waals surface area contributed by atoms with Crippen molar-refractivity contribution in [3.8, 4) is 146 Å². The summed E-state index contributed by atoms with van der Waals surface area (Å²) in [6.07, 6.45) is 7.38. The Balaban J connectivity index is 0.746. The molecule has 4 aromatic heterocycles. The summed E-state index contributed by atoms with van der Waals surface area (Å²) in [6.45, 7) is 0. The maximum atomic E-state index is 5.21. The maximum Gasteiger partial charge on any atom is 0.164 e. The van der Waals surface area contributed by atoms with Crippen molar-refractivity contribution in [2.24, 2.45) is 0 Å². The van der Waals surface area contributed by atoms with Crippen LogP contribution in [0.4, 0.5) is 0 Å². The lowest BCUT2D eigenvalue weighted by Crippen LogP contribution is -2.00. The summed E-state index contributed by atoms with van der Waals surface area (Å²) in [5, 5.41) is 4.65. The molecule has 0 unspecified atom stereocenters. The Bertz CT molecular complexity index is 5250. The molecule has 0 aliphatic carbocycles. The van der Waals surface area contributed by atoms with Crippen LogP contribution in [0.3, 0.4) is 0 Å². The molecule has 0 saturated carbocycles. The summed E-state index contributed by atoms with van der Waals surface area (Å²) in [4.78, 5) is 39.1. The molecule has 8 nitrogen and oxygen atoms in total. The van der Waals surface area contributed by atoms with Crippen molar-refractivity contribution in [3.05, 3.63) is 328 Å². The molecule has 0 N–H and O–H groups in total. The highest BCUT2D eigenvalue weighted by Gasteiger charge is 2.19. The van der Waals surface area contributed by atoms with Gasteiger partial charge in [0.1, 0.15) is 0 Å². The summed E-state index contributed by atoms with van der Waals surface area (Å²) in [5.74, 6) is 3.64. The van der Waals surface area contributed by atoms with E-state index in [0.29, 0.717) is 34.9 Å². The second kappa shape index (κ2) is 24.2. The number of nitrogens with zero attached hydrogens (tertiary/aromatic N) is 8. The van der Waals surface area contributed by atoms with Gasteiger partial charge in [0.25, 0.3) is 0 Å². The smallest absolute Gasteiger partial charge is 0.164 e. The van der Waals surface area contributed by atoms with E-state index in [-0.39, 0.29) is 0 Å². The molecule has 0 fully saturated rings. The molecule has 0 radical (unpaired) electrons. The summed E-state index contributed by atoms with van der Waals surface area (Å²) < 4.78 is 0. The number of fused-ring (bicyclic) bond motifs is 2. The molecule has 0 aliphatic rings. The largest absolute Gasteiger partial charge is 0.265 e. The van der Waals surface area contributed by atoms with E-state index in [0.717, 1.165) is 116 Å². The Labute approximate surface area is 532 Å². The van der Waals surface area contributed by atoms with Gasteiger partial charge in [-0.15, -0.1) is 0 Å². The molecule has 0 aliphatic heterocycles. The number of pyridine rings is 2. The molecule has 8 heteroatoms. The van der Waals surface area contributed by atoms with Crippen LogP contribution < -0.4 is 0 Å². The van der Waals surface area contributed by atoms with E-state index in [1.54, 1.807) is 6.20 Å². The van der Waals surface area contributed by atoms with Gasteiger partial charge in [-0.1, -0.05) is 279 Å². The van der Waals surface area contributed by atoms with Crippen LogP contribution >= 0.6 is 0 Å². The molecule has 4 heterocycles. The zero-order valence-corrected chi connectivity index (χ0v) is 49.8. The Morgan fingerprint density at radius 2 is 0.489 bits per heavy atom. The number of hydrogen-bond donors (Lipinski definition) is 0. The van der Waals surface area contributed by atoms with Gasteiger partial charge >= 0.3 is 0 Å². The fourth-order valence-corrected chi connectivity index (χ4v) is 12.3. The molecule has 16 rings (SSSR count). The van der Waals surface area contributed by atoms with Crippen molar-refractivity contribution in [3.63, 3.8) is 0 Å². The van der Waals surface area contributed by atoms with E-state index in [2.05, 4.69) is 204 Å². The zero-order chi connectivity index (χ0) is 61.2. The fourth-order valence-electron chi connectivity index (χ4n) is 12.3. The molecule has 430 valence electrons. The van der Waals surface area contributed by atoms with Crippen LogP contribution in [0.2, 0.25) is 0 Å². The number of hydrogen-bond acceptors (Lipinski definition) is 8. The summed E-state index contributed by atoms with van der Waals surface area (Å²) in [5.41, 5.74) is 21.0. The Morgan fingerprint density at radius 1 is 0.174 bits per heavy atom. The third kappa shape index (κ3) is 10.9. The lowest BCUT2D eigenvalue weighted by atomic mass is 9.87. The van der Waals surface area contributed by atoms with Crippen molar-refractivity contribution in [1.82, 2.24) is 39.9 Å². The van der Waals surface area contributed by atoms with Gasteiger partial charge in [-0.25, -0.2) is 29.9 Å². The van der Waals surface area contributed by atoms with Crippen molar-refractivity contribution < 1.29 is 0 Å². The minimum absolute atomic E-state index is 0.589. The topological polar surface area (TPSA) is 103 Å².